The molecule has 4 rings (SSSR count). The molecule has 0 aromatic heterocycles. The minimum atomic E-state index is -0.283. The molecule has 0 atom stereocenters. The molecule has 5 heteroatoms. The van der Waals surface area contributed by atoms with Crippen molar-refractivity contribution >= 4 is 40.8 Å². The number of amides is 2. The van der Waals surface area contributed by atoms with Gasteiger partial charge >= 0.3 is 0 Å². The maximum Gasteiger partial charge on any atom is 0.268 e. The second kappa shape index (κ2) is 8.05. The molecular formula is C23H16ClNO2S. The van der Waals surface area contributed by atoms with Crippen LogP contribution in [0, 0.1) is 0 Å². The molecule has 0 bridgehead atoms. The van der Waals surface area contributed by atoms with Crippen LogP contribution in [0.4, 0.5) is 0 Å². The molecule has 1 aliphatic heterocycles. The number of carbonyl (C=O) groups excluding carboxylic acids is 2. The molecule has 28 heavy (non-hydrogen) atoms. The molecule has 0 aliphatic carbocycles. The fourth-order valence-electron chi connectivity index (χ4n) is 3.04. The topological polar surface area (TPSA) is 37.4 Å². The van der Waals surface area contributed by atoms with Crippen molar-refractivity contribution in [2.24, 2.45) is 0 Å². The van der Waals surface area contributed by atoms with Gasteiger partial charge in [0.05, 0.1) is 17.0 Å². The molecule has 0 saturated carbocycles. The first-order valence-electron chi connectivity index (χ1n) is 8.77. The van der Waals surface area contributed by atoms with Crippen molar-refractivity contribution in [2.45, 2.75) is 11.4 Å². The first kappa shape index (κ1) is 18.5. The Labute approximate surface area is 172 Å². The third-order valence-corrected chi connectivity index (χ3v) is 5.75. The number of rotatable bonds is 5. The van der Waals surface area contributed by atoms with Crippen molar-refractivity contribution in [2.75, 3.05) is 0 Å². The van der Waals surface area contributed by atoms with E-state index >= 15 is 0 Å². The predicted octanol–water partition coefficient (Wildman–Crippen LogP) is 5.41. The fourth-order valence-corrected chi connectivity index (χ4v) is 4.20. The molecule has 0 unspecified atom stereocenters. The predicted molar refractivity (Wildman–Crippen MR) is 113 cm³/mol. The second-order valence-electron chi connectivity index (χ2n) is 6.31. The highest BCUT2D eigenvalue weighted by molar-refractivity contribution is 8.04. The zero-order chi connectivity index (χ0) is 19.5. The van der Waals surface area contributed by atoms with Gasteiger partial charge in [-0.1, -0.05) is 84.0 Å². The number of hydrogen-bond acceptors (Lipinski definition) is 3. The van der Waals surface area contributed by atoms with Gasteiger partial charge in [0, 0.05) is 9.92 Å². The van der Waals surface area contributed by atoms with Gasteiger partial charge in [-0.2, -0.15) is 0 Å². The van der Waals surface area contributed by atoms with Crippen LogP contribution in [-0.2, 0) is 16.1 Å². The highest BCUT2D eigenvalue weighted by Gasteiger charge is 2.39. The van der Waals surface area contributed by atoms with E-state index in [1.807, 2.05) is 60.7 Å². The van der Waals surface area contributed by atoms with Gasteiger partial charge < -0.3 is 0 Å². The lowest BCUT2D eigenvalue weighted by Crippen LogP contribution is -2.30. The zero-order valence-electron chi connectivity index (χ0n) is 14.8. The molecule has 1 heterocycles. The minimum absolute atomic E-state index is 0.244. The maximum absolute atomic E-state index is 13.2. The van der Waals surface area contributed by atoms with Crippen molar-refractivity contribution in [3.63, 3.8) is 0 Å². The number of thioether (sulfide) groups is 1. The summed E-state index contributed by atoms with van der Waals surface area (Å²) in [6.07, 6.45) is 0. The van der Waals surface area contributed by atoms with E-state index in [1.165, 1.54) is 16.7 Å². The Bertz CT molecular complexity index is 1050. The first-order valence-corrected chi connectivity index (χ1v) is 9.96. The highest BCUT2D eigenvalue weighted by Crippen LogP contribution is 2.40. The Morgan fingerprint density at radius 1 is 0.750 bits per heavy atom. The third-order valence-electron chi connectivity index (χ3n) is 4.41. The maximum atomic E-state index is 13.2. The summed E-state index contributed by atoms with van der Waals surface area (Å²) in [5, 5.41) is 0.583. The normalized spacial score (nSPS) is 14.1. The first-order chi connectivity index (χ1) is 13.6. The Morgan fingerprint density at radius 3 is 2.00 bits per heavy atom. The molecule has 0 fully saturated rings. The number of carbonyl (C=O) groups is 2. The van der Waals surface area contributed by atoms with Gasteiger partial charge in [0.25, 0.3) is 11.8 Å². The number of imide groups is 1. The van der Waals surface area contributed by atoms with E-state index in [2.05, 4.69) is 0 Å². The van der Waals surface area contributed by atoms with Crippen molar-refractivity contribution < 1.29 is 9.59 Å². The molecule has 138 valence electrons. The van der Waals surface area contributed by atoms with Gasteiger partial charge in [0.1, 0.15) is 0 Å². The summed E-state index contributed by atoms with van der Waals surface area (Å²) in [6, 6.07) is 26.1. The van der Waals surface area contributed by atoms with Crippen LogP contribution in [0.5, 0.6) is 0 Å². The van der Waals surface area contributed by atoms with Crippen LogP contribution >= 0.6 is 23.4 Å². The largest absolute Gasteiger partial charge is 0.269 e. The van der Waals surface area contributed by atoms with Crippen LogP contribution < -0.4 is 0 Å². The number of halogens is 1. The Morgan fingerprint density at radius 2 is 1.36 bits per heavy atom. The Hall–Kier alpha value is -2.82. The third kappa shape index (κ3) is 3.75. The molecule has 3 aromatic carbocycles. The van der Waals surface area contributed by atoms with E-state index in [4.69, 9.17) is 11.6 Å². The molecule has 1 aliphatic rings. The van der Waals surface area contributed by atoms with E-state index < -0.39 is 0 Å². The van der Waals surface area contributed by atoms with Crippen LogP contribution in [0.2, 0.25) is 5.02 Å². The Balaban J connectivity index is 1.74. The van der Waals surface area contributed by atoms with Crippen molar-refractivity contribution in [1.29, 1.82) is 0 Å². The number of benzene rings is 3. The lowest BCUT2D eigenvalue weighted by atomic mass is 10.1. The summed E-state index contributed by atoms with van der Waals surface area (Å²) in [5.41, 5.74) is 2.02. The van der Waals surface area contributed by atoms with Crippen LogP contribution in [0.25, 0.3) is 5.57 Å². The highest BCUT2D eigenvalue weighted by atomic mass is 35.5. The average Bonchev–Trinajstić information content (AvgIpc) is 2.95. The van der Waals surface area contributed by atoms with E-state index in [0.717, 1.165) is 10.5 Å². The van der Waals surface area contributed by atoms with E-state index in [-0.39, 0.29) is 18.4 Å². The van der Waals surface area contributed by atoms with E-state index in [9.17, 15) is 9.59 Å². The van der Waals surface area contributed by atoms with Gasteiger partial charge in [-0.05, 0) is 35.4 Å². The van der Waals surface area contributed by atoms with Gasteiger partial charge in [0.15, 0.2) is 0 Å². The monoisotopic (exact) mass is 405 g/mol. The molecule has 3 aromatic rings. The van der Waals surface area contributed by atoms with Crippen molar-refractivity contribution in [1.82, 2.24) is 4.90 Å². The number of nitrogens with zero attached hydrogens (tertiary/aromatic N) is 1. The van der Waals surface area contributed by atoms with Crippen LogP contribution in [0.3, 0.4) is 0 Å². The summed E-state index contributed by atoms with van der Waals surface area (Å²) >= 11 is 7.32. The Kier molecular flexibility index (Phi) is 5.33. The molecular weight excluding hydrogens is 390 g/mol. The molecule has 3 nitrogen and oxygen atoms in total. The van der Waals surface area contributed by atoms with E-state index in [0.29, 0.717) is 21.1 Å². The standard InChI is InChI=1S/C23H16ClNO2S/c24-18-13-11-17(12-14-18)20-21(28-19-9-5-2-6-10-19)23(27)25(22(20)26)15-16-7-3-1-4-8-16/h1-14H,15H2. The quantitative estimate of drug-likeness (QED) is 0.532. The number of hydrogen-bond donors (Lipinski definition) is 0. The summed E-state index contributed by atoms with van der Waals surface area (Å²) in [4.78, 5) is 29.0. The summed E-state index contributed by atoms with van der Waals surface area (Å²) in [7, 11) is 0. The lowest BCUT2D eigenvalue weighted by molar-refractivity contribution is -0.137. The molecule has 0 radical (unpaired) electrons. The van der Waals surface area contributed by atoms with Crippen LogP contribution in [0.15, 0.2) is 94.7 Å². The molecule has 0 spiro atoms. The summed E-state index contributed by atoms with van der Waals surface area (Å²) in [5.74, 6) is -0.553. The van der Waals surface area contributed by atoms with E-state index in [1.54, 1.807) is 24.3 Å². The molecule has 0 saturated heterocycles. The minimum Gasteiger partial charge on any atom is -0.269 e. The van der Waals surface area contributed by atoms with Crippen molar-refractivity contribution in [3.8, 4) is 0 Å². The smallest absolute Gasteiger partial charge is 0.268 e. The second-order valence-corrected chi connectivity index (χ2v) is 7.83. The fraction of sp³-hybridized carbons (Fsp3) is 0.0435. The summed E-state index contributed by atoms with van der Waals surface area (Å²) in [6.45, 7) is 0.244. The van der Waals surface area contributed by atoms with Crippen LogP contribution in [0.1, 0.15) is 11.1 Å². The average molecular weight is 406 g/mol. The lowest BCUT2D eigenvalue weighted by Gasteiger charge is -2.15. The van der Waals surface area contributed by atoms with Crippen molar-refractivity contribution in [3.05, 3.63) is 106 Å². The van der Waals surface area contributed by atoms with Gasteiger partial charge in [-0.15, -0.1) is 0 Å². The molecule has 2 amide bonds. The SMILES string of the molecule is O=C1C(Sc2ccccc2)=C(c2ccc(Cl)cc2)C(=O)N1Cc1ccccc1. The summed E-state index contributed by atoms with van der Waals surface area (Å²) < 4.78 is 0. The van der Waals surface area contributed by atoms with Gasteiger partial charge in [-0.25, -0.2) is 0 Å². The van der Waals surface area contributed by atoms with Crippen LogP contribution in [-0.4, -0.2) is 16.7 Å². The van der Waals surface area contributed by atoms with Gasteiger partial charge in [-0.3, -0.25) is 14.5 Å². The molecule has 0 N–H and O–H groups in total. The van der Waals surface area contributed by atoms with Gasteiger partial charge in [0.2, 0.25) is 0 Å². The zero-order valence-corrected chi connectivity index (χ0v) is 16.4.